The van der Waals surface area contributed by atoms with Gasteiger partial charge < -0.3 is 0 Å². The maximum atomic E-state index is 3.99. The van der Waals surface area contributed by atoms with E-state index in [2.05, 4.69) is 9.97 Å². The van der Waals surface area contributed by atoms with Crippen LogP contribution in [0.25, 0.3) is 5.78 Å². The van der Waals surface area contributed by atoms with Crippen molar-refractivity contribution in [3.05, 3.63) is 30.9 Å². The summed E-state index contributed by atoms with van der Waals surface area (Å²) in [5.41, 5.74) is 0. The van der Waals surface area contributed by atoms with Crippen molar-refractivity contribution in [2.24, 2.45) is 0 Å². The average molecular weight is 149 g/mol. The molecule has 0 aliphatic carbocycles. The molecule has 0 saturated heterocycles. The van der Waals surface area contributed by atoms with Gasteiger partial charge in [0, 0.05) is 24.8 Å². The molecular formula is C8H11N3. The molecule has 2 rings (SSSR count). The molecule has 58 valence electrons. The van der Waals surface area contributed by atoms with Crippen molar-refractivity contribution in [3.63, 3.8) is 0 Å². The van der Waals surface area contributed by atoms with Crippen molar-refractivity contribution in [1.82, 2.24) is 14.4 Å². The highest BCUT2D eigenvalue weighted by molar-refractivity contribution is 5.25. The second kappa shape index (κ2) is 3.71. The highest BCUT2D eigenvalue weighted by Crippen LogP contribution is 1.91. The minimum Gasteiger partial charge on any atom is -0.291 e. The van der Waals surface area contributed by atoms with Crippen LogP contribution < -0.4 is 0 Å². The van der Waals surface area contributed by atoms with Gasteiger partial charge in [0.2, 0.25) is 5.78 Å². The van der Waals surface area contributed by atoms with Crippen molar-refractivity contribution in [3.8, 4) is 0 Å². The van der Waals surface area contributed by atoms with Crippen LogP contribution in [0, 0.1) is 0 Å². The van der Waals surface area contributed by atoms with E-state index in [-0.39, 0.29) is 0 Å². The van der Waals surface area contributed by atoms with Crippen LogP contribution in [0.4, 0.5) is 0 Å². The molecule has 0 bridgehead atoms. The predicted molar refractivity (Wildman–Crippen MR) is 44.3 cm³/mol. The Bertz CT molecular complexity index is 283. The molecule has 0 unspecified atom stereocenters. The summed E-state index contributed by atoms with van der Waals surface area (Å²) in [5.74, 6) is 0.748. The van der Waals surface area contributed by atoms with Gasteiger partial charge in [0.15, 0.2) is 0 Å². The smallest absolute Gasteiger partial charge is 0.233 e. The van der Waals surface area contributed by atoms with Crippen molar-refractivity contribution in [1.29, 1.82) is 0 Å². The molecule has 2 aromatic heterocycles. The molecule has 2 aromatic rings. The molecule has 2 heterocycles. The molecule has 3 heteroatoms. The van der Waals surface area contributed by atoms with Crippen molar-refractivity contribution in [2.75, 3.05) is 0 Å². The third-order valence-electron chi connectivity index (χ3n) is 1.17. The summed E-state index contributed by atoms with van der Waals surface area (Å²) in [6.45, 7) is 4.00. The summed E-state index contributed by atoms with van der Waals surface area (Å²) in [7, 11) is 0. The van der Waals surface area contributed by atoms with Crippen LogP contribution >= 0.6 is 0 Å². The highest BCUT2D eigenvalue weighted by atomic mass is 15.1. The van der Waals surface area contributed by atoms with Gasteiger partial charge in [-0.25, -0.2) is 9.97 Å². The average Bonchev–Trinajstić information content (AvgIpc) is 2.55. The first kappa shape index (κ1) is 7.72. The summed E-state index contributed by atoms with van der Waals surface area (Å²) in [5, 5.41) is 0. The standard InChI is InChI=1S/C6H5N3.C2H6/c1-2-7-6-8-3-5-9(6)4-1;1-2/h1-5H;1-2H3. The third-order valence-corrected chi connectivity index (χ3v) is 1.17. The monoisotopic (exact) mass is 149 g/mol. The van der Waals surface area contributed by atoms with Crippen LogP contribution in [0.3, 0.4) is 0 Å². The lowest BCUT2D eigenvalue weighted by molar-refractivity contribution is 1.11. The summed E-state index contributed by atoms with van der Waals surface area (Å²) in [4.78, 5) is 7.96. The zero-order valence-corrected chi connectivity index (χ0v) is 6.73. The van der Waals surface area contributed by atoms with Gasteiger partial charge in [0.1, 0.15) is 0 Å². The molecule has 11 heavy (non-hydrogen) atoms. The number of nitrogens with zero attached hydrogens (tertiary/aromatic N) is 3. The molecule has 0 aromatic carbocycles. The Hall–Kier alpha value is -1.38. The quantitative estimate of drug-likeness (QED) is 0.571. The van der Waals surface area contributed by atoms with E-state index < -0.39 is 0 Å². The Morgan fingerprint density at radius 1 is 1.09 bits per heavy atom. The van der Waals surface area contributed by atoms with E-state index in [0.717, 1.165) is 5.78 Å². The Morgan fingerprint density at radius 2 is 1.82 bits per heavy atom. The zero-order chi connectivity index (χ0) is 8.10. The molecular weight excluding hydrogens is 138 g/mol. The summed E-state index contributed by atoms with van der Waals surface area (Å²) in [6.07, 6.45) is 7.22. The van der Waals surface area contributed by atoms with Gasteiger partial charge in [-0.3, -0.25) is 4.40 Å². The van der Waals surface area contributed by atoms with Gasteiger partial charge in [-0.15, -0.1) is 0 Å². The molecule has 0 fully saturated rings. The van der Waals surface area contributed by atoms with E-state index in [9.17, 15) is 0 Å². The van der Waals surface area contributed by atoms with E-state index in [0.29, 0.717) is 0 Å². The molecule has 0 atom stereocenters. The minimum atomic E-state index is 0.748. The maximum absolute atomic E-state index is 3.99. The molecule has 3 nitrogen and oxygen atoms in total. The Morgan fingerprint density at radius 3 is 2.55 bits per heavy atom. The molecule has 0 N–H and O–H groups in total. The fourth-order valence-corrected chi connectivity index (χ4v) is 0.762. The topological polar surface area (TPSA) is 30.2 Å². The summed E-state index contributed by atoms with van der Waals surface area (Å²) in [6, 6.07) is 1.87. The van der Waals surface area contributed by atoms with Crippen LogP contribution in [0.5, 0.6) is 0 Å². The minimum absolute atomic E-state index is 0.748. The number of hydrogen-bond donors (Lipinski definition) is 0. The second-order valence-corrected chi connectivity index (χ2v) is 1.75. The van der Waals surface area contributed by atoms with Crippen LogP contribution in [0.15, 0.2) is 30.9 Å². The normalized spacial score (nSPS) is 8.91. The fraction of sp³-hybridized carbons (Fsp3) is 0.250. The van der Waals surface area contributed by atoms with Gasteiger partial charge >= 0.3 is 0 Å². The van der Waals surface area contributed by atoms with Gasteiger partial charge in [-0.05, 0) is 6.07 Å². The van der Waals surface area contributed by atoms with E-state index in [1.54, 1.807) is 12.4 Å². The first-order valence-electron chi connectivity index (χ1n) is 3.70. The number of rotatable bonds is 0. The van der Waals surface area contributed by atoms with E-state index in [4.69, 9.17) is 0 Å². The molecule has 0 spiro atoms. The Kier molecular flexibility index (Phi) is 2.60. The lowest BCUT2D eigenvalue weighted by Crippen LogP contribution is -1.82. The van der Waals surface area contributed by atoms with Crippen LogP contribution in [-0.2, 0) is 0 Å². The first-order chi connectivity index (χ1) is 5.47. The number of hydrogen-bond acceptors (Lipinski definition) is 2. The Labute approximate surface area is 65.7 Å². The van der Waals surface area contributed by atoms with Gasteiger partial charge in [0.05, 0.1) is 0 Å². The second-order valence-electron chi connectivity index (χ2n) is 1.75. The van der Waals surface area contributed by atoms with Gasteiger partial charge in [-0.1, -0.05) is 13.8 Å². The predicted octanol–water partition coefficient (Wildman–Crippen LogP) is 1.76. The van der Waals surface area contributed by atoms with Gasteiger partial charge in [0.25, 0.3) is 0 Å². The number of imidazole rings is 1. The zero-order valence-electron chi connectivity index (χ0n) is 6.73. The first-order valence-corrected chi connectivity index (χ1v) is 3.70. The van der Waals surface area contributed by atoms with Crippen molar-refractivity contribution < 1.29 is 0 Å². The number of aromatic nitrogens is 3. The van der Waals surface area contributed by atoms with E-state index >= 15 is 0 Å². The van der Waals surface area contributed by atoms with E-state index in [1.807, 2.05) is 36.7 Å². The molecule has 0 amide bonds. The van der Waals surface area contributed by atoms with Crippen LogP contribution in [0.2, 0.25) is 0 Å². The Balaban J connectivity index is 0.000000281. The lowest BCUT2D eigenvalue weighted by Gasteiger charge is -1.85. The molecule has 0 radical (unpaired) electrons. The maximum Gasteiger partial charge on any atom is 0.233 e. The van der Waals surface area contributed by atoms with Crippen molar-refractivity contribution in [2.45, 2.75) is 13.8 Å². The summed E-state index contributed by atoms with van der Waals surface area (Å²) < 4.78 is 1.86. The van der Waals surface area contributed by atoms with Crippen LogP contribution in [-0.4, -0.2) is 14.4 Å². The molecule has 0 aliphatic rings. The summed E-state index contributed by atoms with van der Waals surface area (Å²) >= 11 is 0. The van der Waals surface area contributed by atoms with E-state index in [1.165, 1.54) is 0 Å². The highest BCUT2D eigenvalue weighted by Gasteiger charge is 1.87. The lowest BCUT2D eigenvalue weighted by atomic mass is 10.7. The van der Waals surface area contributed by atoms with Crippen molar-refractivity contribution >= 4 is 5.78 Å². The van der Waals surface area contributed by atoms with Crippen LogP contribution in [0.1, 0.15) is 13.8 Å². The third kappa shape index (κ3) is 1.55. The number of fused-ring (bicyclic) bond motifs is 1. The SMILES string of the molecule is CC.c1cnc2nccn2c1. The van der Waals surface area contributed by atoms with Gasteiger partial charge in [-0.2, -0.15) is 0 Å². The molecule has 0 aliphatic heterocycles. The molecule has 0 saturated carbocycles. The largest absolute Gasteiger partial charge is 0.291 e. The fourth-order valence-electron chi connectivity index (χ4n) is 0.762.